The molecule has 0 heterocycles. The highest BCUT2D eigenvalue weighted by Crippen LogP contribution is 2.11. The van der Waals surface area contributed by atoms with Gasteiger partial charge in [0.1, 0.15) is 0 Å². The minimum absolute atomic E-state index is 0.0380. The molecule has 24 heavy (non-hydrogen) atoms. The average molecular weight is 375 g/mol. The summed E-state index contributed by atoms with van der Waals surface area (Å²) in [6.07, 6.45) is 0. The molecule has 0 aliphatic heterocycles. The molecule has 0 radical (unpaired) electrons. The second-order valence-electron chi connectivity index (χ2n) is 5.15. The summed E-state index contributed by atoms with van der Waals surface area (Å²) in [7, 11) is -3.24. The molecular weight excluding hydrogens is 348 g/mol. The van der Waals surface area contributed by atoms with Crippen molar-refractivity contribution >= 4 is 27.6 Å². The number of sulfonamides is 1. The Morgan fingerprint density at radius 2 is 1.92 bits per heavy atom. The highest BCUT2D eigenvalue weighted by Gasteiger charge is 2.18. The first-order chi connectivity index (χ1) is 11.4. The molecule has 0 bridgehead atoms. The maximum atomic E-state index is 12.2. The Balaban J connectivity index is 2.61. The van der Waals surface area contributed by atoms with E-state index in [0.29, 0.717) is 43.7 Å². The van der Waals surface area contributed by atoms with Crippen LogP contribution >= 0.6 is 11.6 Å². The van der Waals surface area contributed by atoms with Crippen molar-refractivity contribution in [1.82, 2.24) is 14.9 Å². The van der Waals surface area contributed by atoms with Crippen LogP contribution in [0.25, 0.3) is 0 Å². The van der Waals surface area contributed by atoms with Crippen molar-refractivity contribution < 1.29 is 8.42 Å². The topological polar surface area (TPSA) is 73.8 Å². The second-order valence-corrected chi connectivity index (χ2v) is 7.68. The van der Waals surface area contributed by atoms with E-state index in [9.17, 15) is 8.42 Å². The lowest BCUT2D eigenvalue weighted by molar-refractivity contribution is 0.445. The zero-order valence-electron chi connectivity index (χ0n) is 14.5. The van der Waals surface area contributed by atoms with Gasteiger partial charge in [0.05, 0.1) is 12.3 Å². The van der Waals surface area contributed by atoms with Crippen LogP contribution < -0.4 is 10.6 Å². The van der Waals surface area contributed by atoms with Crippen molar-refractivity contribution in [3.63, 3.8) is 0 Å². The van der Waals surface area contributed by atoms with Gasteiger partial charge in [-0.1, -0.05) is 37.6 Å². The Labute approximate surface area is 150 Å². The molecule has 0 fully saturated rings. The van der Waals surface area contributed by atoms with E-state index in [1.165, 1.54) is 4.31 Å². The standard InChI is InChI=1S/C16H27ClN4O2S/c1-4-18-16(20-13-14-8-7-9-15(17)12-14)19-10-11-24(22,23)21(5-2)6-3/h7-9,12H,4-6,10-11,13H2,1-3H3,(H2,18,19,20). The molecular formula is C16H27ClN4O2S. The number of hydrogen-bond donors (Lipinski definition) is 2. The second kappa shape index (κ2) is 10.5. The fraction of sp³-hybridized carbons (Fsp3) is 0.562. The van der Waals surface area contributed by atoms with Crippen LogP contribution in [0.3, 0.4) is 0 Å². The zero-order valence-corrected chi connectivity index (χ0v) is 16.1. The number of benzene rings is 1. The number of aliphatic imine (C=N–C) groups is 1. The third-order valence-corrected chi connectivity index (χ3v) is 5.66. The van der Waals surface area contributed by atoms with Gasteiger partial charge in [0, 0.05) is 31.2 Å². The largest absolute Gasteiger partial charge is 0.357 e. The van der Waals surface area contributed by atoms with Crippen molar-refractivity contribution in [3.8, 4) is 0 Å². The zero-order chi connectivity index (χ0) is 18.0. The number of hydrogen-bond acceptors (Lipinski definition) is 3. The van der Waals surface area contributed by atoms with E-state index in [-0.39, 0.29) is 5.75 Å². The molecule has 6 nitrogen and oxygen atoms in total. The Kier molecular flexibility index (Phi) is 9.10. The van der Waals surface area contributed by atoms with Crippen LogP contribution in [0.1, 0.15) is 26.3 Å². The molecule has 0 aliphatic rings. The maximum Gasteiger partial charge on any atom is 0.215 e. The average Bonchev–Trinajstić information content (AvgIpc) is 2.53. The summed E-state index contributed by atoms with van der Waals surface area (Å²) in [6, 6.07) is 7.50. The first-order valence-corrected chi connectivity index (χ1v) is 10.2. The minimum Gasteiger partial charge on any atom is -0.357 e. The molecule has 0 aliphatic carbocycles. The van der Waals surface area contributed by atoms with E-state index >= 15 is 0 Å². The van der Waals surface area contributed by atoms with Gasteiger partial charge in [-0.25, -0.2) is 17.7 Å². The summed E-state index contributed by atoms with van der Waals surface area (Å²) in [5.74, 6) is 0.628. The summed E-state index contributed by atoms with van der Waals surface area (Å²) in [6.45, 7) is 8.09. The predicted molar refractivity (Wildman–Crippen MR) is 101 cm³/mol. The van der Waals surface area contributed by atoms with Gasteiger partial charge in [-0.15, -0.1) is 0 Å². The normalized spacial score (nSPS) is 12.5. The van der Waals surface area contributed by atoms with E-state index in [0.717, 1.165) is 5.56 Å². The Morgan fingerprint density at radius 1 is 1.21 bits per heavy atom. The van der Waals surface area contributed by atoms with E-state index in [4.69, 9.17) is 11.6 Å². The molecule has 1 rings (SSSR count). The summed E-state index contributed by atoms with van der Waals surface area (Å²) < 4.78 is 25.8. The van der Waals surface area contributed by atoms with E-state index in [2.05, 4.69) is 15.6 Å². The Morgan fingerprint density at radius 3 is 2.50 bits per heavy atom. The summed E-state index contributed by atoms with van der Waals surface area (Å²) in [4.78, 5) is 4.46. The van der Waals surface area contributed by atoms with Crippen molar-refractivity contribution in [1.29, 1.82) is 0 Å². The fourth-order valence-corrected chi connectivity index (χ4v) is 3.81. The van der Waals surface area contributed by atoms with Crippen LogP contribution in [0.4, 0.5) is 0 Å². The van der Waals surface area contributed by atoms with Gasteiger partial charge in [0.25, 0.3) is 0 Å². The Hall–Kier alpha value is -1.31. The Bertz CT molecular complexity index is 631. The van der Waals surface area contributed by atoms with Gasteiger partial charge in [-0.3, -0.25) is 0 Å². The van der Waals surface area contributed by atoms with Crippen molar-refractivity contribution in [2.24, 2.45) is 4.99 Å². The van der Waals surface area contributed by atoms with Crippen molar-refractivity contribution in [2.75, 3.05) is 31.9 Å². The summed E-state index contributed by atoms with van der Waals surface area (Å²) >= 11 is 5.96. The van der Waals surface area contributed by atoms with Crippen LogP contribution in [0.2, 0.25) is 5.02 Å². The first kappa shape index (κ1) is 20.7. The molecule has 0 saturated carbocycles. The van der Waals surface area contributed by atoms with Gasteiger partial charge >= 0.3 is 0 Å². The van der Waals surface area contributed by atoms with Gasteiger partial charge in [0.2, 0.25) is 10.0 Å². The lowest BCUT2D eigenvalue weighted by Gasteiger charge is -2.19. The molecule has 136 valence electrons. The molecule has 0 saturated heterocycles. The van der Waals surface area contributed by atoms with Gasteiger partial charge in [-0.2, -0.15) is 0 Å². The maximum absolute atomic E-state index is 12.2. The molecule has 0 aromatic heterocycles. The molecule has 0 unspecified atom stereocenters. The van der Waals surface area contributed by atoms with Crippen LogP contribution in [0.15, 0.2) is 29.3 Å². The fourth-order valence-electron chi connectivity index (χ4n) is 2.19. The van der Waals surface area contributed by atoms with Gasteiger partial charge in [0.15, 0.2) is 5.96 Å². The third-order valence-electron chi connectivity index (χ3n) is 3.40. The lowest BCUT2D eigenvalue weighted by Crippen LogP contribution is -2.42. The number of guanidine groups is 1. The molecule has 8 heteroatoms. The predicted octanol–water partition coefficient (Wildman–Crippen LogP) is 2.07. The summed E-state index contributed by atoms with van der Waals surface area (Å²) in [5, 5.41) is 6.85. The van der Waals surface area contributed by atoms with E-state index in [1.807, 2.05) is 45.0 Å². The molecule has 1 aromatic rings. The molecule has 0 spiro atoms. The molecule has 2 N–H and O–H groups in total. The molecule has 0 atom stereocenters. The van der Waals surface area contributed by atoms with Gasteiger partial charge < -0.3 is 10.6 Å². The van der Waals surface area contributed by atoms with Gasteiger partial charge in [-0.05, 0) is 24.6 Å². The van der Waals surface area contributed by atoms with Crippen molar-refractivity contribution in [2.45, 2.75) is 27.3 Å². The number of nitrogens with zero attached hydrogens (tertiary/aromatic N) is 2. The highest BCUT2D eigenvalue weighted by molar-refractivity contribution is 7.89. The molecule has 0 amide bonds. The van der Waals surface area contributed by atoms with E-state index in [1.54, 1.807) is 0 Å². The third kappa shape index (κ3) is 7.07. The quantitative estimate of drug-likeness (QED) is 0.512. The first-order valence-electron chi connectivity index (χ1n) is 8.17. The number of rotatable bonds is 9. The van der Waals surface area contributed by atoms with Crippen LogP contribution in [0, 0.1) is 0 Å². The summed E-state index contributed by atoms with van der Waals surface area (Å²) in [5.41, 5.74) is 0.996. The smallest absolute Gasteiger partial charge is 0.215 e. The lowest BCUT2D eigenvalue weighted by atomic mass is 10.2. The minimum atomic E-state index is -3.24. The van der Waals surface area contributed by atoms with Crippen molar-refractivity contribution in [3.05, 3.63) is 34.9 Å². The number of nitrogens with one attached hydrogen (secondary N) is 2. The monoisotopic (exact) mass is 374 g/mol. The number of halogens is 1. The SMILES string of the molecule is CCNC(=NCc1cccc(Cl)c1)NCCS(=O)(=O)N(CC)CC. The van der Waals surface area contributed by atoms with Crippen LogP contribution in [0.5, 0.6) is 0 Å². The van der Waals surface area contributed by atoms with E-state index < -0.39 is 10.0 Å². The van der Waals surface area contributed by atoms with Crippen LogP contribution in [-0.2, 0) is 16.6 Å². The molecule has 1 aromatic carbocycles. The highest BCUT2D eigenvalue weighted by atomic mass is 35.5. The van der Waals surface area contributed by atoms with Crippen LogP contribution in [-0.4, -0.2) is 50.6 Å².